The van der Waals surface area contributed by atoms with Crippen LogP contribution in [-0.4, -0.2) is 0 Å². The lowest BCUT2D eigenvalue weighted by atomic mass is 9.73. The van der Waals surface area contributed by atoms with Crippen LogP contribution in [0.15, 0.2) is 126 Å². The summed E-state index contributed by atoms with van der Waals surface area (Å²) in [4.78, 5) is 2.40. The largest absolute Gasteiger partial charge is 0.310 e. The monoisotopic (exact) mass is 515 g/mol. The third kappa shape index (κ3) is 3.79. The predicted octanol–water partition coefficient (Wildman–Crippen LogP) is 9.89. The Labute approximate surface area is 215 Å². The highest BCUT2D eigenvalue weighted by molar-refractivity contribution is 9.10. The molecule has 0 unspecified atom stereocenters. The van der Waals surface area contributed by atoms with E-state index in [1.54, 1.807) is 0 Å². The Morgan fingerprint density at radius 1 is 0.514 bits per heavy atom. The summed E-state index contributed by atoms with van der Waals surface area (Å²) < 4.78 is 1.10. The van der Waals surface area contributed by atoms with Gasteiger partial charge in [0.2, 0.25) is 0 Å². The summed E-state index contributed by atoms with van der Waals surface area (Å²) in [7, 11) is 0. The molecule has 1 nitrogen and oxygen atoms in total. The summed E-state index contributed by atoms with van der Waals surface area (Å²) in [5.74, 6) is 0. The lowest BCUT2D eigenvalue weighted by Crippen LogP contribution is -2.30. The molecule has 0 spiro atoms. The topological polar surface area (TPSA) is 3.24 Å². The first-order valence-corrected chi connectivity index (χ1v) is 12.8. The van der Waals surface area contributed by atoms with Crippen LogP contribution in [0.2, 0.25) is 0 Å². The molecule has 35 heavy (non-hydrogen) atoms. The molecule has 0 aromatic heterocycles. The van der Waals surface area contributed by atoms with Crippen LogP contribution in [0.25, 0.3) is 22.3 Å². The zero-order valence-electron chi connectivity index (χ0n) is 19.9. The van der Waals surface area contributed by atoms with E-state index in [4.69, 9.17) is 0 Å². The van der Waals surface area contributed by atoms with Gasteiger partial charge in [-0.05, 0) is 75.8 Å². The summed E-state index contributed by atoms with van der Waals surface area (Å²) >= 11 is 3.53. The highest BCUT2D eigenvalue weighted by Crippen LogP contribution is 2.52. The van der Waals surface area contributed by atoms with Crippen LogP contribution in [0.5, 0.6) is 0 Å². The second-order valence-corrected chi connectivity index (χ2v) is 10.5. The van der Waals surface area contributed by atoms with Gasteiger partial charge in [0, 0.05) is 15.6 Å². The van der Waals surface area contributed by atoms with Gasteiger partial charge in [-0.1, -0.05) is 109 Å². The van der Waals surface area contributed by atoms with E-state index < -0.39 is 0 Å². The number of halogens is 1. The fourth-order valence-corrected chi connectivity index (χ4v) is 5.50. The quantitative estimate of drug-likeness (QED) is 0.231. The van der Waals surface area contributed by atoms with Gasteiger partial charge in [-0.25, -0.2) is 0 Å². The molecule has 0 saturated heterocycles. The normalized spacial score (nSPS) is 13.7. The molecule has 0 radical (unpaired) electrons. The number of hydrogen-bond acceptors (Lipinski definition) is 1. The third-order valence-electron chi connectivity index (χ3n) is 7.14. The van der Waals surface area contributed by atoms with Crippen molar-refractivity contribution in [2.24, 2.45) is 0 Å². The fraction of sp³-hybridized carbons (Fsp3) is 0.0909. The molecular formula is C33H26BrN. The van der Waals surface area contributed by atoms with Gasteiger partial charge >= 0.3 is 0 Å². The van der Waals surface area contributed by atoms with Gasteiger partial charge in [0.25, 0.3) is 0 Å². The smallest absolute Gasteiger partial charge is 0.0503 e. The van der Waals surface area contributed by atoms with Crippen LogP contribution in [0.1, 0.15) is 25.0 Å². The second-order valence-electron chi connectivity index (χ2n) is 9.63. The number of para-hydroxylation sites is 2. The maximum absolute atomic E-state index is 3.53. The van der Waals surface area contributed by atoms with Gasteiger partial charge in [0.15, 0.2) is 0 Å². The van der Waals surface area contributed by atoms with Crippen molar-refractivity contribution in [3.05, 3.63) is 137 Å². The van der Waals surface area contributed by atoms with E-state index in [-0.39, 0.29) is 5.41 Å². The summed E-state index contributed by atoms with van der Waals surface area (Å²) in [6.07, 6.45) is 0. The van der Waals surface area contributed by atoms with Crippen molar-refractivity contribution in [3.63, 3.8) is 0 Å². The molecular weight excluding hydrogens is 490 g/mol. The first kappa shape index (κ1) is 21.9. The first-order chi connectivity index (χ1) is 17.0. The Balaban J connectivity index is 1.45. The molecule has 0 atom stereocenters. The van der Waals surface area contributed by atoms with Gasteiger partial charge in [-0.15, -0.1) is 0 Å². The third-order valence-corrected chi connectivity index (χ3v) is 7.67. The molecule has 0 N–H and O–H groups in total. The van der Waals surface area contributed by atoms with E-state index in [0.29, 0.717) is 0 Å². The van der Waals surface area contributed by atoms with E-state index >= 15 is 0 Å². The highest BCUT2D eigenvalue weighted by atomic mass is 79.9. The summed E-state index contributed by atoms with van der Waals surface area (Å²) in [5, 5.41) is 0. The van der Waals surface area contributed by atoms with Crippen molar-refractivity contribution in [2.75, 3.05) is 4.90 Å². The van der Waals surface area contributed by atoms with Crippen molar-refractivity contribution in [3.8, 4) is 22.3 Å². The van der Waals surface area contributed by atoms with E-state index in [2.05, 4.69) is 156 Å². The Bertz CT molecular complexity index is 1500. The number of hydrogen-bond donors (Lipinski definition) is 0. The average molecular weight is 516 g/mol. The van der Waals surface area contributed by atoms with Crippen molar-refractivity contribution in [1.82, 2.24) is 0 Å². The maximum Gasteiger partial charge on any atom is 0.0503 e. The van der Waals surface area contributed by atoms with E-state index in [1.807, 2.05) is 0 Å². The summed E-state index contributed by atoms with van der Waals surface area (Å²) in [6, 6.07) is 43.8. The molecule has 5 aromatic carbocycles. The zero-order valence-corrected chi connectivity index (χ0v) is 21.5. The number of anilines is 3. The average Bonchev–Trinajstić information content (AvgIpc) is 2.90. The van der Waals surface area contributed by atoms with E-state index in [9.17, 15) is 0 Å². The molecule has 5 aromatic rings. The number of fused-ring (bicyclic) bond motifs is 2. The standard InChI is InChI=1S/C33H26BrN/c1-33(2)29-10-6-7-11-31(29)35(28-8-4-3-5-9-28)32-21-18-26(22-30(32)33)25-14-12-23(13-15-25)24-16-19-27(34)20-17-24/h3-22H,1-2H3. The van der Waals surface area contributed by atoms with Gasteiger partial charge in [0.05, 0.1) is 11.4 Å². The Kier molecular flexibility index (Phi) is 5.35. The predicted molar refractivity (Wildman–Crippen MR) is 152 cm³/mol. The van der Waals surface area contributed by atoms with Crippen LogP contribution in [0, 0.1) is 0 Å². The maximum atomic E-state index is 3.53. The highest BCUT2D eigenvalue weighted by Gasteiger charge is 2.36. The van der Waals surface area contributed by atoms with Crippen LogP contribution in [0.3, 0.4) is 0 Å². The van der Waals surface area contributed by atoms with E-state index in [0.717, 1.165) is 4.47 Å². The van der Waals surface area contributed by atoms with Crippen LogP contribution in [-0.2, 0) is 5.41 Å². The van der Waals surface area contributed by atoms with E-state index in [1.165, 1.54) is 50.4 Å². The molecule has 170 valence electrons. The molecule has 0 bridgehead atoms. The molecule has 1 heterocycles. The molecule has 1 aliphatic rings. The molecule has 0 saturated carbocycles. The number of nitrogens with zero attached hydrogens (tertiary/aromatic N) is 1. The minimum Gasteiger partial charge on any atom is -0.310 e. The van der Waals surface area contributed by atoms with Crippen LogP contribution in [0.4, 0.5) is 17.1 Å². The molecule has 0 aliphatic carbocycles. The van der Waals surface area contributed by atoms with Crippen LogP contribution < -0.4 is 4.90 Å². The van der Waals surface area contributed by atoms with Crippen molar-refractivity contribution in [1.29, 1.82) is 0 Å². The lowest BCUT2D eigenvalue weighted by molar-refractivity contribution is 0.632. The Hall–Kier alpha value is -3.62. The minimum absolute atomic E-state index is 0.107. The first-order valence-electron chi connectivity index (χ1n) is 12.0. The molecule has 2 heteroatoms. The number of rotatable bonds is 3. The van der Waals surface area contributed by atoms with Gasteiger partial charge in [-0.3, -0.25) is 0 Å². The van der Waals surface area contributed by atoms with Crippen molar-refractivity contribution >= 4 is 33.0 Å². The molecule has 6 rings (SSSR count). The lowest BCUT2D eigenvalue weighted by Gasteiger charge is -2.42. The van der Waals surface area contributed by atoms with Crippen molar-refractivity contribution < 1.29 is 0 Å². The van der Waals surface area contributed by atoms with Gasteiger partial charge < -0.3 is 4.90 Å². The minimum atomic E-state index is -0.107. The summed E-state index contributed by atoms with van der Waals surface area (Å²) in [6.45, 7) is 4.68. The van der Waals surface area contributed by atoms with Gasteiger partial charge in [-0.2, -0.15) is 0 Å². The van der Waals surface area contributed by atoms with Gasteiger partial charge in [0.1, 0.15) is 0 Å². The molecule has 0 amide bonds. The fourth-order valence-electron chi connectivity index (χ4n) is 5.24. The van der Waals surface area contributed by atoms with Crippen molar-refractivity contribution in [2.45, 2.75) is 19.3 Å². The second kappa shape index (κ2) is 8.55. The Morgan fingerprint density at radius 3 is 1.71 bits per heavy atom. The number of benzene rings is 5. The Morgan fingerprint density at radius 2 is 1.03 bits per heavy atom. The van der Waals surface area contributed by atoms with Crippen LogP contribution >= 0.6 is 15.9 Å². The SMILES string of the molecule is CC1(C)c2ccccc2N(c2ccccc2)c2ccc(-c3ccc(-c4ccc(Br)cc4)cc3)cc21. The summed E-state index contributed by atoms with van der Waals surface area (Å²) in [5.41, 5.74) is 11.2. The molecule has 0 fully saturated rings. The zero-order chi connectivity index (χ0) is 24.0. The molecule has 1 aliphatic heterocycles.